The highest BCUT2D eigenvalue weighted by Gasteiger charge is 2.06. The van der Waals surface area contributed by atoms with Crippen LogP contribution >= 0.6 is 15.9 Å². The third-order valence-corrected chi connectivity index (χ3v) is 3.09. The van der Waals surface area contributed by atoms with Gasteiger partial charge in [-0.1, -0.05) is 15.9 Å². The van der Waals surface area contributed by atoms with Crippen LogP contribution in [0.1, 0.15) is 12.5 Å². The molecule has 0 radical (unpaired) electrons. The van der Waals surface area contributed by atoms with Crippen molar-refractivity contribution >= 4 is 15.9 Å². The maximum atomic E-state index is 5.84. The van der Waals surface area contributed by atoms with Crippen LogP contribution in [0.15, 0.2) is 35.1 Å². The summed E-state index contributed by atoms with van der Waals surface area (Å²) in [6, 6.07) is 5.93. The third kappa shape index (κ3) is 3.11. The summed E-state index contributed by atoms with van der Waals surface area (Å²) in [7, 11) is 0. The molecule has 1 aromatic heterocycles. The largest absolute Gasteiger partial charge is 0.454 e. The number of halogens is 1. The number of rotatable bonds is 5. The zero-order chi connectivity index (χ0) is 13.0. The van der Waals surface area contributed by atoms with Crippen molar-refractivity contribution in [3.63, 3.8) is 0 Å². The Bertz CT molecular complexity index is 525. The molecule has 5 heteroatoms. The average Bonchev–Trinajstić information content (AvgIpc) is 2.81. The van der Waals surface area contributed by atoms with Crippen LogP contribution in [-0.2, 0) is 13.0 Å². The topological polar surface area (TPSA) is 53.1 Å². The first-order chi connectivity index (χ1) is 8.72. The lowest BCUT2D eigenvalue weighted by Gasteiger charge is -2.09. The molecule has 0 aliphatic rings. The van der Waals surface area contributed by atoms with E-state index in [1.165, 1.54) is 0 Å². The van der Waals surface area contributed by atoms with Gasteiger partial charge in [0.05, 0.1) is 12.4 Å². The Labute approximate surface area is 115 Å². The smallest absolute Gasteiger partial charge is 0.165 e. The Morgan fingerprint density at radius 2 is 2.28 bits per heavy atom. The van der Waals surface area contributed by atoms with Crippen molar-refractivity contribution in [1.29, 1.82) is 0 Å². The van der Waals surface area contributed by atoms with Gasteiger partial charge in [-0.15, -0.1) is 0 Å². The highest BCUT2D eigenvalue weighted by atomic mass is 79.9. The number of hydrogen-bond acceptors (Lipinski definition) is 3. The maximum Gasteiger partial charge on any atom is 0.165 e. The minimum Gasteiger partial charge on any atom is -0.454 e. The fourth-order valence-electron chi connectivity index (χ4n) is 1.70. The molecular weight excluding hydrogens is 294 g/mol. The van der Waals surface area contributed by atoms with E-state index in [4.69, 9.17) is 10.5 Å². The highest BCUT2D eigenvalue weighted by molar-refractivity contribution is 9.10. The highest BCUT2D eigenvalue weighted by Crippen LogP contribution is 2.28. The summed E-state index contributed by atoms with van der Waals surface area (Å²) in [4.78, 5) is 0. The third-order valence-electron chi connectivity index (χ3n) is 2.60. The molecule has 2 rings (SSSR count). The van der Waals surface area contributed by atoms with Crippen LogP contribution in [0.25, 0.3) is 0 Å². The van der Waals surface area contributed by atoms with Crippen molar-refractivity contribution in [1.82, 2.24) is 9.78 Å². The van der Waals surface area contributed by atoms with Gasteiger partial charge in [-0.05, 0) is 43.7 Å². The lowest BCUT2D eigenvalue weighted by molar-refractivity contribution is 0.475. The molecule has 0 spiro atoms. The minimum absolute atomic E-state index is 0.598. The standard InChI is InChI=1S/C13H16BrN3O/c1-2-17-9-12(8-16-17)18-13-4-3-11(14)7-10(13)5-6-15/h3-4,7-9H,2,5-6,15H2,1H3. The number of benzene rings is 1. The monoisotopic (exact) mass is 309 g/mol. The van der Waals surface area contributed by atoms with Crippen molar-refractivity contribution in [2.45, 2.75) is 19.9 Å². The lowest BCUT2D eigenvalue weighted by atomic mass is 10.1. The summed E-state index contributed by atoms with van der Waals surface area (Å²) in [6.07, 6.45) is 4.39. The number of ether oxygens (including phenoxy) is 1. The molecule has 18 heavy (non-hydrogen) atoms. The predicted octanol–water partition coefficient (Wildman–Crippen LogP) is 2.96. The summed E-state index contributed by atoms with van der Waals surface area (Å²) < 4.78 is 8.70. The van der Waals surface area contributed by atoms with Gasteiger partial charge in [0.15, 0.2) is 5.75 Å². The summed E-state index contributed by atoms with van der Waals surface area (Å²) in [5.74, 6) is 1.58. The van der Waals surface area contributed by atoms with E-state index in [9.17, 15) is 0 Å². The molecule has 1 aromatic carbocycles. The molecule has 0 saturated heterocycles. The van der Waals surface area contributed by atoms with Crippen LogP contribution in [0, 0.1) is 0 Å². The first-order valence-electron chi connectivity index (χ1n) is 5.91. The van der Waals surface area contributed by atoms with E-state index in [1.54, 1.807) is 6.20 Å². The fourth-order valence-corrected chi connectivity index (χ4v) is 2.10. The van der Waals surface area contributed by atoms with E-state index >= 15 is 0 Å². The predicted molar refractivity (Wildman–Crippen MR) is 74.9 cm³/mol. The SMILES string of the molecule is CCn1cc(Oc2ccc(Br)cc2CCN)cn1. The van der Waals surface area contributed by atoms with Gasteiger partial charge >= 0.3 is 0 Å². The Hall–Kier alpha value is -1.33. The average molecular weight is 310 g/mol. The van der Waals surface area contributed by atoms with E-state index in [0.717, 1.165) is 34.5 Å². The zero-order valence-corrected chi connectivity index (χ0v) is 11.9. The number of aryl methyl sites for hydroxylation is 1. The van der Waals surface area contributed by atoms with Gasteiger partial charge in [-0.2, -0.15) is 5.10 Å². The summed E-state index contributed by atoms with van der Waals surface area (Å²) >= 11 is 3.45. The maximum absolute atomic E-state index is 5.84. The lowest BCUT2D eigenvalue weighted by Crippen LogP contribution is -2.04. The van der Waals surface area contributed by atoms with Crippen LogP contribution in [0.3, 0.4) is 0 Å². The molecule has 0 fully saturated rings. The van der Waals surface area contributed by atoms with Crippen LogP contribution < -0.4 is 10.5 Å². The van der Waals surface area contributed by atoms with Crippen LogP contribution in [0.5, 0.6) is 11.5 Å². The van der Waals surface area contributed by atoms with E-state index in [0.29, 0.717) is 6.54 Å². The second-order valence-corrected chi connectivity index (χ2v) is 4.84. The molecule has 0 saturated carbocycles. The van der Waals surface area contributed by atoms with E-state index < -0.39 is 0 Å². The van der Waals surface area contributed by atoms with Crippen molar-refractivity contribution in [3.8, 4) is 11.5 Å². The molecule has 2 N–H and O–H groups in total. The molecule has 0 aliphatic heterocycles. The fraction of sp³-hybridized carbons (Fsp3) is 0.308. The normalized spacial score (nSPS) is 10.6. The zero-order valence-electron chi connectivity index (χ0n) is 10.3. The second kappa shape index (κ2) is 6.02. The van der Waals surface area contributed by atoms with Crippen molar-refractivity contribution in [2.75, 3.05) is 6.54 Å². The number of hydrogen-bond donors (Lipinski definition) is 1. The van der Waals surface area contributed by atoms with Gasteiger partial charge in [-0.3, -0.25) is 4.68 Å². The number of nitrogens with zero attached hydrogens (tertiary/aromatic N) is 2. The Kier molecular flexibility index (Phi) is 4.38. The minimum atomic E-state index is 0.598. The number of nitrogens with two attached hydrogens (primary N) is 1. The van der Waals surface area contributed by atoms with Crippen molar-refractivity contribution in [3.05, 3.63) is 40.6 Å². The molecular formula is C13H16BrN3O. The van der Waals surface area contributed by atoms with Gasteiger partial charge in [0.25, 0.3) is 0 Å². The van der Waals surface area contributed by atoms with E-state index in [-0.39, 0.29) is 0 Å². The first-order valence-corrected chi connectivity index (χ1v) is 6.71. The first kappa shape index (κ1) is 13.1. The summed E-state index contributed by atoms with van der Waals surface area (Å²) in [5.41, 5.74) is 6.70. The van der Waals surface area contributed by atoms with Gasteiger partial charge in [0, 0.05) is 11.0 Å². The van der Waals surface area contributed by atoms with Crippen LogP contribution in [0.4, 0.5) is 0 Å². The summed E-state index contributed by atoms with van der Waals surface area (Å²) in [5, 5.41) is 4.18. The Morgan fingerprint density at radius 1 is 1.44 bits per heavy atom. The molecule has 1 heterocycles. The molecule has 0 atom stereocenters. The molecule has 2 aromatic rings. The van der Waals surface area contributed by atoms with E-state index in [2.05, 4.69) is 21.0 Å². The Balaban J connectivity index is 2.22. The van der Waals surface area contributed by atoms with Crippen molar-refractivity contribution < 1.29 is 4.74 Å². The molecule has 0 bridgehead atoms. The van der Waals surface area contributed by atoms with E-state index in [1.807, 2.05) is 36.0 Å². The van der Waals surface area contributed by atoms with Crippen molar-refractivity contribution in [2.24, 2.45) is 5.73 Å². The molecule has 0 unspecified atom stereocenters. The molecule has 96 valence electrons. The van der Waals surface area contributed by atoms with Gasteiger partial charge in [-0.25, -0.2) is 0 Å². The van der Waals surface area contributed by atoms with Crippen LogP contribution in [-0.4, -0.2) is 16.3 Å². The van der Waals surface area contributed by atoms with Gasteiger partial charge in [0.1, 0.15) is 5.75 Å². The molecule has 4 nitrogen and oxygen atoms in total. The number of aromatic nitrogens is 2. The quantitative estimate of drug-likeness (QED) is 0.924. The second-order valence-electron chi connectivity index (χ2n) is 3.92. The van der Waals surface area contributed by atoms with Gasteiger partial charge < -0.3 is 10.5 Å². The summed E-state index contributed by atoms with van der Waals surface area (Å²) in [6.45, 7) is 3.47. The van der Waals surface area contributed by atoms with Crippen LogP contribution in [0.2, 0.25) is 0 Å². The van der Waals surface area contributed by atoms with Gasteiger partial charge in [0.2, 0.25) is 0 Å². The molecule has 0 amide bonds. The Morgan fingerprint density at radius 3 is 2.94 bits per heavy atom. The molecule has 0 aliphatic carbocycles.